The van der Waals surface area contributed by atoms with Gasteiger partial charge in [-0.15, -0.1) is 0 Å². The Labute approximate surface area is 143 Å². The van der Waals surface area contributed by atoms with Gasteiger partial charge in [-0.25, -0.2) is 5.43 Å². The minimum atomic E-state index is -0.265. The second-order valence-electron chi connectivity index (χ2n) is 5.82. The molecule has 126 valence electrons. The van der Waals surface area contributed by atoms with Crippen LogP contribution in [0.1, 0.15) is 36.5 Å². The van der Waals surface area contributed by atoms with Crippen molar-refractivity contribution in [1.82, 2.24) is 5.43 Å². The van der Waals surface area contributed by atoms with Crippen LogP contribution in [0.25, 0.3) is 0 Å². The van der Waals surface area contributed by atoms with Crippen molar-refractivity contribution < 1.29 is 9.53 Å². The summed E-state index contributed by atoms with van der Waals surface area (Å²) in [6.07, 6.45) is 1.77. The second-order valence-corrected chi connectivity index (χ2v) is 5.82. The van der Waals surface area contributed by atoms with Crippen molar-refractivity contribution in [2.45, 2.75) is 33.6 Å². The molecule has 0 heterocycles. The van der Waals surface area contributed by atoms with Crippen LogP contribution in [0.2, 0.25) is 0 Å². The van der Waals surface area contributed by atoms with Crippen LogP contribution in [0.15, 0.2) is 53.6 Å². The Kier molecular flexibility index (Phi) is 6.55. The maximum absolute atomic E-state index is 12.0. The maximum Gasteiger partial charge on any atom is 0.277 e. The lowest BCUT2D eigenvalue weighted by Gasteiger charge is -2.09. The van der Waals surface area contributed by atoms with Gasteiger partial charge in [-0.05, 0) is 49.1 Å². The van der Waals surface area contributed by atoms with Crippen molar-refractivity contribution in [2.75, 3.05) is 6.61 Å². The predicted molar refractivity (Wildman–Crippen MR) is 97.4 cm³/mol. The van der Waals surface area contributed by atoms with Crippen LogP contribution < -0.4 is 10.2 Å². The molecule has 0 fully saturated rings. The van der Waals surface area contributed by atoms with Crippen LogP contribution in [0.4, 0.5) is 0 Å². The topological polar surface area (TPSA) is 50.7 Å². The monoisotopic (exact) mass is 324 g/mol. The molecule has 0 aliphatic rings. The van der Waals surface area contributed by atoms with Crippen molar-refractivity contribution in [3.8, 4) is 5.75 Å². The highest BCUT2D eigenvalue weighted by molar-refractivity contribution is 6.01. The largest absolute Gasteiger partial charge is 0.484 e. The molecule has 0 radical (unpaired) electrons. The average molecular weight is 324 g/mol. The Balaban J connectivity index is 1.95. The van der Waals surface area contributed by atoms with E-state index in [1.807, 2.05) is 56.3 Å². The first-order valence-corrected chi connectivity index (χ1v) is 8.20. The smallest absolute Gasteiger partial charge is 0.277 e. The van der Waals surface area contributed by atoms with Gasteiger partial charge in [0.05, 0.1) is 5.71 Å². The highest BCUT2D eigenvalue weighted by atomic mass is 16.5. The molecule has 0 atom stereocenters. The standard InChI is InChI=1S/C20H24N2O2/c1-4-8-19(17-9-6-5-7-10-17)21-22-20(23)14-24-18-12-15(2)11-16(3)13-18/h5-7,9-13H,4,8,14H2,1-3H3,(H,22,23)/b21-19+. The molecule has 1 N–H and O–H groups in total. The van der Waals surface area contributed by atoms with Gasteiger partial charge in [0.25, 0.3) is 5.91 Å². The Bertz CT molecular complexity index is 689. The van der Waals surface area contributed by atoms with Crippen LogP contribution in [0.3, 0.4) is 0 Å². The van der Waals surface area contributed by atoms with Crippen LogP contribution in [-0.2, 0) is 4.79 Å². The summed E-state index contributed by atoms with van der Waals surface area (Å²) in [6.45, 7) is 6.03. The van der Waals surface area contributed by atoms with E-state index >= 15 is 0 Å². The quantitative estimate of drug-likeness (QED) is 0.618. The molecule has 0 saturated carbocycles. The lowest BCUT2D eigenvalue weighted by Crippen LogP contribution is -2.26. The number of amides is 1. The summed E-state index contributed by atoms with van der Waals surface area (Å²) in [6, 6.07) is 15.8. The summed E-state index contributed by atoms with van der Waals surface area (Å²) >= 11 is 0. The van der Waals surface area contributed by atoms with Crippen LogP contribution >= 0.6 is 0 Å². The maximum atomic E-state index is 12.0. The Morgan fingerprint density at radius 3 is 2.38 bits per heavy atom. The van der Waals surface area contributed by atoms with Gasteiger partial charge >= 0.3 is 0 Å². The third-order valence-electron chi connectivity index (χ3n) is 3.47. The number of nitrogens with zero attached hydrogens (tertiary/aromatic N) is 1. The molecule has 0 saturated heterocycles. The number of benzene rings is 2. The number of carbonyl (C=O) groups excluding carboxylic acids is 1. The lowest BCUT2D eigenvalue weighted by molar-refractivity contribution is -0.123. The number of hydrogen-bond donors (Lipinski definition) is 1. The molecule has 0 aromatic heterocycles. The van der Waals surface area contributed by atoms with E-state index in [1.165, 1.54) is 0 Å². The predicted octanol–water partition coefficient (Wildman–Crippen LogP) is 4.00. The van der Waals surface area contributed by atoms with Crippen LogP contribution in [0.5, 0.6) is 5.75 Å². The van der Waals surface area contributed by atoms with Gasteiger partial charge in [0.1, 0.15) is 5.75 Å². The third-order valence-corrected chi connectivity index (χ3v) is 3.47. The van der Waals surface area contributed by atoms with Gasteiger partial charge in [-0.3, -0.25) is 4.79 Å². The van der Waals surface area contributed by atoms with E-state index in [1.54, 1.807) is 0 Å². The fourth-order valence-corrected chi connectivity index (χ4v) is 2.46. The molecule has 24 heavy (non-hydrogen) atoms. The highest BCUT2D eigenvalue weighted by Crippen LogP contribution is 2.15. The van der Waals surface area contributed by atoms with Gasteiger partial charge < -0.3 is 4.74 Å². The number of carbonyl (C=O) groups is 1. The number of rotatable bonds is 7. The molecule has 4 heteroatoms. The first-order chi connectivity index (χ1) is 11.6. The molecule has 2 rings (SSSR count). The molecule has 4 nitrogen and oxygen atoms in total. The fraction of sp³-hybridized carbons (Fsp3) is 0.300. The number of hydrogen-bond acceptors (Lipinski definition) is 3. The van der Waals surface area contributed by atoms with E-state index in [4.69, 9.17) is 4.74 Å². The summed E-state index contributed by atoms with van der Waals surface area (Å²) in [5.74, 6) is 0.433. The van der Waals surface area contributed by atoms with Gasteiger partial charge in [0.15, 0.2) is 6.61 Å². The summed E-state index contributed by atoms with van der Waals surface area (Å²) < 4.78 is 5.55. The van der Waals surface area contributed by atoms with Gasteiger partial charge in [-0.2, -0.15) is 5.10 Å². The molecule has 0 aliphatic heterocycles. The van der Waals surface area contributed by atoms with Crippen LogP contribution in [-0.4, -0.2) is 18.2 Å². The molecular formula is C20H24N2O2. The van der Waals surface area contributed by atoms with E-state index in [-0.39, 0.29) is 12.5 Å². The summed E-state index contributed by atoms with van der Waals surface area (Å²) in [5.41, 5.74) is 6.70. The first-order valence-electron chi connectivity index (χ1n) is 8.20. The molecule has 1 amide bonds. The molecular weight excluding hydrogens is 300 g/mol. The zero-order valence-electron chi connectivity index (χ0n) is 14.5. The SMILES string of the molecule is CCC/C(=N\NC(=O)COc1cc(C)cc(C)c1)c1ccccc1. The number of ether oxygens (including phenoxy) is 1. The first kappa shape index (κ1) is 17.7. The van der Waals surface area contributed by atoms with Gasteiger partial charge in [0.2, 0.25) is 0 Å². The molecule has 2 aromatic carbocycles. The van der Waals surface area contributed by atoms with Crippen LogP contribution in [0, 0.1) is 13.8 Å². The summed E-state index contributed by atoms with van der Waals surface area (Å²) in [4.78, 5) is 12.0. The Hall–Kier alpha value is -2.62. The number of aryl methyl sites for hydroxylation is 2. The van der Waals surface area contributed by atoms with Gasteiger partial charge in [-0.1, -0.05) is 49.7 Å². The van der Waals surface area contributed by atoms with Crippen molar-refractivity contribution in [2.24, 2.45) is 5.10 Å². The molecule has 2 aromatic rings. The zero-order valence-corrected chi connectivity index (χ0v) is 14.5. The Morgan fingerprint density at radius 2 is 1.75 bits per heavy atom. The molecule has 0 aliphatic carbocycles. The summed E-state index contributed by atoms with van der Waals surface area (Å²) in [7, 11) is 0. The molecule has 0 bridgehead atoms. The number of hydrazone groups is 1. The normalized spacial score (nSPS) is 11.2. The van der Waals surface area contributed by atoms with E-state index < -0.39 is 0 Å². The fourth-order valence-electron chi connectivity index (χ4n) is 2.46. The third kappa shape index (κ3) is 5.54. The van der Waals surface area contributed by atoms with Crippen molar-refractivity contribution in [3.05, 3.63) is 65.2 Å². The minimum Gasteiger partial charge on any atom is -0.484 e. The van der Waals surface area contributed by atoms with Crippen molar-refractivity contribution in [3.63, 3.8) is 0 Å². The minimum absolute atomic E-state index is 0.0550. The van der Waals surface area contributed by atoms with E-state index in [0.29, 0.717) is 5.75 Å². The van der Waals surface area contributed by atoms with Crippen molar-refractivity contribution >= 4 is 11.6 Å². The average Bonchev–Trinajstić information content (AvgIpc) is 2.56. The molecule has 0 spiro atoms. The van der Waals surface area contributed by atoms with Crippen molar-refractivity contribution in [1.29, 1.82) is 0 Å². The summed E-state index contributed by atoms with van der Waals surface area (Å²) in [5, 5.41) is 4.27. The second kappa shape index (κ2) is 8.87. The van der Waals surface area contributed by atoms with E-state index in [9.17, 15) is 4.79 Å². The lowest BCUT2D eigenvalue weighted by atomic mass is 10.1. The van der Waals surface area contributed by atoms with E-state index in [2.05, 4.69) is 23.5 Å². The van der Waals surface area contributed by atoms with E-state index in [0.717, 1.165) is 35.2 Å². The number of nitrogens with one attached hydrogen (secondary N) is 1. The molecule has 0 unspecified atom stereocenters. The highest BCUT2D eigenvalue weighted by Gasteiger charge is 2.06. The zero-order chi connectivity index (χ0) is 17.4. The van der Waals surface area contributed by atoms with Gasteiger partial charge in [0, 0.05) is 0 Å². The Morgan fingerprint density at radius 1 is 1.08 bits per heavy atom.